The van der Waals surface area contributed by atoms with Gasteiger partial charge in [0.05, 0.1) is 0 Å². The van der Waals surface area contributed by atoms with Crippen LogP contribution in [0.2, 0.25) is 0 Å². The summed E-state index contributed by atoms with van der Waals surface area (Å²) in [4.78, 5) is 16.2. The van der Waals surface area contributed by atoms with Crippen molar-refractivity contribution in [2.75, 3.05) is 6.54 Å². The van der Waals surface area contributed by atoms with Gasteiger partial charge in [0.1, 0.15) is 11.0 Å². The molecule has 0 radical (unpaired) electrons. The molecular formula is C14H18ClN3OS. The van der Waals surface area contributed by atoms with Crippen LogP contribution in [0.25, 0.3) is 0 Å². The van der Waals surface area contributed by atoms with E-state index in [1.165, 1.54) is 0 Å². The maximum absolute atomic E-state index is 11.9. The highest BCUT2D eigenvalue weighted by Gasteiger charge is 2.18. The number of nitrogens with two attached hydrogens (primary N) is 1. The molecule has 1 heterocycles. The Labute approximate surface area is 128 Å². The van der Waals surface area contributed by atoms with E-state index in [0.29, 0.717) is 19.4 Å². The first-order chi connectivity index (χ1) is 9.31. The molecule has 0 aliphatic rings. The average Bonchev–Trinajstić information content (AvgIpc) is 2.97. The number of nitrogens with zero attached hydrogens (tertiary/aromatic N) is 1. The maximum Gasteiger partial charge on any atom is 0.220 e. The zero-order valence-corrected chi connectivity index (χ0v) is 12.6. The average molecular weight is 312 g/mol. The Balaban J connectivity index is 0.00000200. The lowest BCUT2D eigenvalue weighted by atomic mass is 10.1. The fraction of sp³-hybridized carbons (Fsp3) is 0.286. The van der Waals surface area contributed by atoms with Gasteiger partial charge in [-0.25, -0.2) is 4.98 Å². The molecule has 0 aliphatic carbocycles. The normalized spacial score (nSPS) is 11.4. The molecule has 2 rings (SSSR count). The summed E-state index contributed by atoms with van der Waals surface area (Å²) in [6.07, 6.45) is 2.90. The third-order valence-corrected chi connectivity index (χ3v) is 3.58. The molecule has 1 unspecified atom stereocenters. The number of benzene rings is 1. The Hall–Kier alpha value is -1.43. The summed E-state index contributed by atoms with van der Waals surface area (Å²) < 4.78 is 0. The van der Waals surface area contributed by atoms with Gasteiger partial charge in [-0.05, 0) is 18.5 Å². The van der Waals surface area contributed by atoms with Crippen LogP contribution in [0, 0.1) is 0 Å². The largest absolute Gasteiger partial charge is 0.343 e. The van der Waals surface area contributed by atoms with Crippen LogP contribution in [-0.4, -0.2) is 17.4 Å². The van der Waals surface area contributed by atoms with Crippen LogP contribution in [0.3, 0.4) is 0 Å². The Morgan fingerprint density at radius 2 is 2.10 bits per heavy atom. The van der Waals surface area contributed by atoms with Crippen LogP contribution >= 0.6 is 23.7 Å². The SMILES string of the molecule is Cl.NCCCC(=O)NC(c1ccccc1)c1nccs1. The van der Waals surface area contributed by atoms with Gasteiger partial charge in [-0.1, -0.05) is 30.3 Å². The predicted octanol–water partition coefficient (Wildman–Crippen LogP) is 2.51. The first kappa shape index (κ1) is 16.6. The molecule has 6 heteroatoms. The zero-order valence-electron chi connectivity index (χ0n) is 11.0. The second-order valence-corrected chi connectivity index (χ2v) is 5.10. The molecular weight excluding hydrogens is 294 g/mol. The molecule has 0 saturated carbocycles. The van der Waals surface area contributed by atoms with E-state index < -0.39 is 0 Å². The van der Waals surface area contributed by atoms with Crippen molar-refractivity contribution in [2.24, 2.45) is 5.73 Å². The Kier molecular flexibility index (Phi) is 7.22. The monoisotopic (exact) mass is 311 g/mol. The van der Waals surface area contributed by atoms with Gasteiger partial charge in [0.2, 0.25) is 5.91 Å². The van der Waals surface area contributed by atoms with Crippen LogP contribution in [0.4, 0.5) is 0 Å². The van der Waals surface area contributed by atoms with E-state index in [2.05, 4.69) is 10.3 Å². The number of halogens is 1. The van der Waals surface area contributed by atoms with Gasteiger partial charge in [-0.2, -0.15) is 0 Å². The van der Waals surface area contributed by atoms with E-state index in [0.717, 1.165) is 10.6 Å². The van der Waals surface area contributed by atoms with Gasteiger partial charge in [-0.15, -0.1) is 23.7 Å². The van der Waals surface area contributed by atoms with E-state index in [9.17, 15) is 4.79 Å². The van der Waals surface area contributed by atoms with Gasteiger partial charge in [0.15, 0.2) is 0 Å². The van der Waals surface area contributed by atoms with E-state index in [1.807, 2.05) is 35.7 Å². The summed E-state index contributed by atoms with van der Waals surface area (Å²) in [7, 11) is 0. The summed E-state index contributed by atoms with van der Waals surface area (Å²) in [5.74, 6) is 0.00880. The zero-order chi connectivity index (χ0) is 13.5. The molecule has 0 bridgehead atoms. The van der Waals surface area contributed by atoms with Crippen LogP contribution in [0.1, 0.15) is 29.5 Å². The smallest absolute Gasteiger partial charge is 0.220 e. The molecule has 20 heavy (non-hydrogen) atoms. The topological polar surface area (TPSA) is 68.0 Å². The van der Waals surface area contributed by atoms with Crippen molar-refractivity contribution in [3.63, 3.8) is 0 Å². The maximum atomic E-state index is 11.9. The number of carbonyl (C=O) groups excluding carboxylic acids is 1. The van der Waals surface area contributed by atoms with Crippen LogP contribution in [-0.2, 0) is 4.79 Å². The molecule has 4 nitrogen and oxygen atoms in total. The fourth-order valence-electron chi connectivity index (χ4n) is 1.81. The van der Waals surface area contributed by atoms with Gasteiger partial charge in [0, 0.05) is 18.0 Å². The lowest BCUT2D eigenvalue weighted by molar-refractivity contribution is -0.121. The molecule has 0 spiro atoms. The molecule has 1 atom stereocenters. The van der Waals surface area contributed by atoms with Crippen molar-refractivity contribution in [3.05, 3.63) is 52.5 Å². The lowest BCUT2D eigenvalue weighted by Crippen LogP contribution is -2.29. The van der Waals surface area contributed by atoms with Gasteiger partial charge >= 0.3 is 0 Å². The highest BCUT2D eigenvalue weighted by molar-refractivity contribution is 7.09. The number of thiazole rings is 1. The second-order valence-electron chi connectivity index (χ2n) is 4.17. The van der Waals surface area contributed by atoms with Crippen LogP contribution in [0.15, 0.2) is 41.9 Å². The number of nitrogens with one attached hydrogen (secondary N) is 1. The summed E-state index contributed by atoms with van der Waals surface area (Å²) >= 11 is 1.54. The molecule has 0 aliphatic heterocycles. The molecule has 0 saturated heterocycles. The van der Waals surface area contributed by atoms with Gasteiger partial charge in [-0.3, -0.25) is 4.79 Å². The Morgan fingerprint density at radius 3 is 2.70 bits per heavy atom. The minimum absolute atomic E-state index is 0. The van der Waals surface area contributed by atoms with Crippen molar-refractivity contribution in [2.45, 2.75) is 18.9 Å². The third kappa shape index (κ3) is 4.59. The number of amides is 1. The van der Waals surface area contributed by atoms with Crippen molar-refractivity contribution in [1.29, 1.82) is 0 Å². The summed E-state index contributed by atoms with van der Waals surface area (Å²) in [5, 5.41) is 5.83. The second kappa shape index (κ2) is 8.68. The number of rotatable bonds is 6. The van der Waals surface area contributed by atoms with Crippen molar-refractivity contribution < 1.29 is 4.79 Å². The van der Waals surface area contributed by atoms with E-state index >= 15 is 0 Å². The number of aromatic nitrogens is 1. The summed E-state index contributed by atoms with van der Waals surface area (Å²) in [6, 6.07) is 9.69. The number of carbonyl (C=O) groups is 1. The molecule has 2 aromatic rings. The quantitative estimate of drug-likeness (QED) is 0.861. The summed E-state index contributed by atoms with van der Waals surface area (Å²) in [6.45, 7) is 0.528. The molecule has 3 N–H and O–H groups in total. The van der Waals surface area contributed by atoms with Gasteiger partial charge < -0.3 is 11.1 Å². The van der Waals surface area contributed by atoms with Crippen molar-refractivity contribution >= 4 is 29.7 Å². The minimum Gasteiger partial charge on any atom is -0.343 e. The minimum atomic E-state index is -0.175. The molecule has 1 aromatic carbocycles. The third-order valence-electron chi connectivity index (χ3n) is 2.74. The molecule has 1 amide bonds. The standard InChI is InChI=1S/C14H17N3OS.ClH/c15-8-4-7-12(18)17-13(14-16-9-10-19-14)11-5-2-1-3-6-11;/h1-3,5-6,9-10,13H,4,7-8,15H2,(H,17,18);1H. The van der Waals surface area contributed by atoms with Gasteiger partial charge in [0.25, 0.3) is 0 Å². The molecule has 108 valence electrons. The highest BCUT2D eigenvalue weighted by Crippen LogP contribution is 2.23. The Morgan fingerprint density at radius 1 is 1.35 bits per heavy atom. The van der Waals surface area contributed by atoms with E-state index in [-0.39, 0.29) is 24.4 Å². The fourth-order valence-corrected chi connectivity index (χ4v) is 2.52. The van der Waals surface area contributed by atoms with Crippen LogP contribution < -0.4 is 11.1 Å². The number of hydrogen-bond acceptors (Lipinski definition) is 4. The first-order valence-electron chi connectivity index (χ1n) is 6.25. The molecule has 0 fully saturated rings. The molecule has 1 aromatic heterocycles. The summed E-state index contributed by atoms with van der Waals surface area (Å²) in [5.41, 5.74) is 6.46. The van der Waals surface area contributed by atoms with E-state index in [4.69, 9.17) is 5.73 Å². The van der Waals surface area contributed by atoms with Crippen molar-refractivity contribution in [1.82, 2.24) is 10.3 Å². The first-order valence-corrected chi connectivity index (χ1v) is 7.13. The highest BCUT2D eigenvalue weighted by atomic mass is 35.5. The van der Waals surface area contributed by atoms with Crippen LogP contribution in [0.5, 0.6) is 0 Å². The lowest BCUT2D eigenvalue weighted by Gasteiger charge is -2.17. The van der Waals surface area contributed by atoms with E-state index in [1.54, 1.807) is 17.5 Å². The predicted molar refractivity (Wildman–Crippen MR) is 84.1 cm³/mol. The number of hydrogen-bond donors (Lipinski definition) is 2. The van der Waals surface area contributed by atoms with Crippen molar-refractivity contribution in [3.8, 4) is 0 Å². The Bertz CT molecular complexity index is 504.